The van der Waals surface area contributed by atoms with E-state index in [4.69, 9.17) is 0 Å². The maximum absolute atomic E-state index is 11.4. The molecule has 4 nitrogen and oxygen atoms in total. The van der Waals surface area contributed by atoms with Crippen LogP contribution in [0.4, 0.5) is 5.69 Å². The van der Waals surface area contributed by atoms with Crippen molar-refractivity contribution in [1.82, 2.24) is 0 Å². The summed E-state index contributed by atoms with van der Waals surface area (Å²) in [7, 11) is -3.35. The number of anilines is 1. The molecule has 0 saturated heterocycles. The van der Waals surface area contributed by atoms with E-state index in [0.717, 1.165) is 6.26 Å². The van der Waals surface area contributed by atoms with E-state index >= 15 is 0 Å². The Labute approximate surface area is 111 Å². The lowest BCUT2D eigenvalue weighted by atomic mass is 10.1. The summed E-state index contributed by atoms with van der Waals surface area (Å²) in [5.41, 5.74) is 0.806. The number of carbonyl (C=O) groups excluding carboxylic acids is 1. The van der Waals surface area contributed by atoms with Crippen molar-refractivity contribution in [2.75, 3.05) is 16.3 Å². The van der Waals surface area contributed by atoms with Crippen LogP contribution >= 0.6 is 31.9 Å². The number of hydrogen-bond acceptors (Lipinski definition) is 3. The fraction of sp³-hybridized carbons (Fsp3) is 0.222. The van der Waals surface area contributed by atoms with Crippen LogP contribution in [0.25, 0.3) is 0 Å². The monoisotopic (exact) mass is 369 g/mol. The Morgan fingerprint density at radius 1 is 1.44 bits per heavy atom. The summed E-state index contributed by atoms with van der Waals surface area (Å²) in [4.78, 5) is 11.4. The Kier molecular flexibility index (Phi) is 4.52. The number of sulfonamides is 1. The molecule has 0 spiro atoms. The van der Waals surface area contributed by atoms with E-state index in [1.807, 2.05) is 0 Å². The first-order valence-corrected chi connectivity index (χ1v) is 8.00. The van der Waals surface area contributed by atoms with E-state index in [0.29, 0.717) is 15.7 Å². The summed E-state index contributed by atoms with van der Waals surface area (Å²) in [5, 5.41) is 0.201. The highest BCUT2D eigenvalue weighted by Gasteiger charge is 2.10. The molecule has 0 amide bonds. The summed E-state index contributed by atoms with van der Waals surface area (Å²) in [5.74, 6) is -0.107. The van der Waals surface area contributed by atoms with E-state index in [9.17, 15) is 13.2 Å². The van der Waals surface area contributed by atoms with Crippen LogP contribution < -0.4 is 4.72 Å². The fourth-order valence-corrected chi connectivity index (χ4v) is 2.42. The predicted molar refractivity (Wildman–Crippen MR) is 70.7 cm³/mol. The van der Waals surface area contributed by atoms with Gasteiger partial charge in [-0.1, -0.05) is 22.0 Å². The van der Waals surface area contributed by atoms with Gasteiger partial charge in [0, 0.05) is 10.0 Å². The third-order valence-electron chi connectivity index (χ3n) is 1.71. The highest BCUT2D eigenvalue weighted by atomic mass is 79.9. The van der Waals surface area contributed by atoms with Gasteiger partial charge in [0.25, 0.3) is 0 Å². The number of rotatable bonds is 4. The quantitative estimate of drug-likeness (QED) is 0.653. The molecule has 0 saturated carbocycles. The van der Waals surface area contributed by atoms with Crippen molar-refractivity contribution in [3.63, 3.8) is 0 Å². The third-order valence-corrected chi connectivity index (χ3v) is 3.50. The molecular formula is C9H9Br2NO3S. The SMILES string of the molecule is CS(=O)(=O)Nc1cc(C(=O)CBr)ccc1Br. The summed E-state index contributed by atoms with van der Waals surface area (Å²) in [6.07, 6.45) is 1.05. The minimum atomic E-state index is -3.35. The van der Waals surface area contributed by atoms with Crippen LogP contribution in [-0.2, 0) is 10.0 Å². The number of nitrogens with one attached hydrogen (secondary N) is 1. The second kappa shape index (κ2) is 5.29. The standard InChI is InChI=1S/C9H9Br2NO3S/c1-16(14,15)12-8-4-6(9(13)5-10)2-3-7(8)11/h2-4,12H,5H2,1H3. The van der Waals surface area contributed by atoms with Gasteiger partial charge in [0.1, 0.15) is 0 Å². The lowest BCUT2D eigenvalue weighted by Crippen LogP contribution is -2.11. The second-order valence-electron chi connectivity index (χ2n) is 3.13. The van der Waals surface area contributed by atoms with Crippen molar-refractivity contribution in [2.45, 2.75) is 0 Å². The van der Waals surface area contributed by atoms with Crippen LogP contribution in [0.1, 0.15) is 10.4 Å². The fourth-order valence-electron chi connectivity index (χ4n) is 1.05. The van der Waals surface area contributed by atoms with Crippen LogP contribution in [0, 0.1) is 0 Å². The van der Waals surface area contributed by atoms with Crippen molar-refractivity contribution in [1.29, 1.82) is 0 Å². The molecule has 0 fully saturated rings. The van der Waals surface area contributed by atoms with Gasteiger partial charge in [-0.3, -0.25) is 9.52 Å². The third kappa shape index (κ3) is 3.88. The molecule has 1 aromatic rings. The first-order valence-electron chi connectivity index (χ1n) is 4.20. The predicted octanol–water partition coefficient (Wildman–Crippen LogP) is 2.40. The number of carbonyl (C=O) groups is 1. The van der Waals surface area contributed by atoms with E-state index in [1.54, 1.807) is 12.1 Å². The van der Waals surface area contributed by atoms with Gasteiger partial charge in [-0.2, -0.15) is 0 Å². The largest absolute Gasteiger partial charge is 0.293 e. The second-order valence-corrected chi connectivity index (χ2v) is 6.29. The summed E-state index contributed by atoms with van der Waals surface area (Å²) >= 11 is 6.26. The molecule has 7 heteroatoms. The minimum Gasteiger partial charge on any atom is -0.293 e. The summed E-state index contributed by atoms with van der Waals surface area (Å²) < 4.78 is 25.1. The number of halogens is 2. The number of benzene rings is 1. The average molecular weight is 371 g/mol. The van der Waals surface area contributed by atoms with Crippen LogP contribution in [0.2, 0.25) is 0 Å². The molecule has 1 aromatic carbocycles. The van der Waals surface area contributed by atoms with E-state index in [1.165, 1.54) is 6.07 Å². The average Bonchev–Trinajstić information content (AvgIpc) is 2.18. The molecule has 0 aliphatic rings. The van der Waals surface area contributed by atoms with Crippen LogP contribution in [0.5, 0.6) is 0 Å². The molecule has 88 valence electrons. The molecule has 0 aliphatic carbocycles. The number of Topliss-reactive ketones (excluding diaryl/α,β-unsaturated/α-hetero) is 1. The zero-order valence-corrected chi connectivity index (χ0v) is 12.3. The van der Waals surface area contributed by atoms with E-state index in [-0.39, 0.29) is 11.1 Å². The molecule has 16 heavy (non-hydrogen) atoms. The molecule has 0 unspecified atom stereocenters. The van der Waals surface area contributed by atoms with Gasteiger partial charge in [-0.05, 0) is 28.1 Å². The highest BCUT2D eigenvalue weighted by molar-refractivity contribution is 9.10. The lowest BCUT2D eigenvalue weighted by molar-refractivity contribution is 0.102. The van der Waals surface area contributed by atoms with Crippen LogP contribution in [-0.4, -0.2) is 25.8 Å². The van der Waals surface area contributed by atoms with E-state index in [2.05, 4.69) is 36.6 Å². The smallest absolute Gasteiger partial charge is 0.229 e. The number of ketones is 1. The Morgan fingerprint density at radius 2 is 2.06 bits per heavy atom. The molecular weight excluding hydrogens is 362 g/mol. The van der Waals surface area contributed by atoms with Crippen LogP contribution in [0.15, 0.2) is 22.7 Å². The van der Waals surface area contributed by atoms with Crippen molar-refractivity contribution in [2.24, 2.45) is 0 Å². The van der Waals surface area contributed by atoms with Crippen molar-refractivity contribution in [3.8, 4) is 0 Å². The Morgan fingerprint density at radius 3 is 2.56 bits per heavy atom. The lowest BCUT2D eigenvalue weighted by Gasteiger charge is -2.07. The van der Waals surface area contributed by atoms with E-state index < -0.39 is 10.0 Å². The van der Waals surface area contributed by atoms with Crippen molar-refractivity contribution in [3.05, 3.63) is 28.2 Å². The zero-order chi connectivity index (χ0) is 12.3. The van der Waals surface area contributed by atoms with Gasteiger partial charge in [0.2, 0.25) is 10.0 Å². The molecule has 0 heterocycles. The summed E-state index contributed by atoms with van der Waals surface area (Å²) in [6, 6.07) is 4.75. The molecule has 0 bridgehead atoms. The number of hydrogen-bond donors (Lipinski definition) is 1. The zero-order valence-electron chi connectivity index (χ0n) is 8.33. The minimum absolute atomic E-state index is 0.107. The molecule has 0 aliphatic heterocycles. The topological polar surface area (TPSA) is 63.2 Å². The Bertz CT molecular complexity index is 513. The van der Waals surface area contributed by atoms with Gasteiger partial charge in [0.15, 0.2) is 5.78 Å². The maximum atomic E-state index is 11.4. The Hall–Kier alpha value is -0.400. The molecule has 1 rings (SSSR count). The Balaban J connectivity index is 3.14. The van der Waals surface area contributed by atoms with Gasteiger partial charge < -0.3 is 0 Å². The molecule has 0 radical (unpaired) electrons. The molecule has 0 atom stereocenters. The first-order chi connectivity index (χ1) is 7.33. The number of alkyl halides is 1. The van der Waals surface area contributed by atoms with Crippen molar-refractivity contribution < 1.29 is 13.2 Å². The van der Waals surface area contributed by atoms with Gasteiger partial charge in [-0.25, -0.2) is 8.42 Å². The maximum Gasteiger partial charge on any atom is 0.229 e. The van der Waals surface area contributed by atoms with Gasteiger partial charge >= 0.3 is 0 Å². The normalized spacial score (nSPS) is 11.2. The summed E-state index contributed by atoms with van der Waals surface area (Å²) in [6.45, 7) is 0. The molecule has 1 N–H and O–H groups in total. The molecule has 0 aromatic heterocycles. The first kappa shape index (κ1) is 13.7. The highest BCUT2D eigenvalue weighted by Crippen LogP contribution is 2.24. The van der Waals surface area contributed by atoms with Crippen LogP contribution in [0.3, 0.4) is 0 Å². The van der Waals surface area contributed by atoms with Crippen molar-refractivity contribution >= 4 is 53.4 Å². The van der Waals surface area contributed by atoms with Gasteiger partial charge in [-0.15, -0.1) is 0 Å². The van der Waals surface area contributed by atoms with Gasteiger partial charge in [0.05, 0.1) is 17.3 Å².